The van der Waals surface area contributed by atoms with Crippen LogP contribution in [0.5, 0.6) is 0 Å². The summed E-state index contributed by atoms with van der Waals surface area (Å²) in [5.74, 6) is 0. The van der Waals surface area contributed by atoms with E-state index in [9.17, 15) is 10.2 Å². The zero-order valence-corrected chi connectivity index (χ0v) is 8.82. The Morgan fingerprint density at radius 3 is 2.00 bits per heavy atom. The second kappa shape index (κ2) is 6.76. The quantitative estimate of drug-likeness (QED) is 0.355. The van der Waals surface area contributed by atoms with Crippen molar-refractivity contribution in [2.75, 3.05) is 6.61 Å². The average Bonchev–Trinajstić information content (AvgIpc) is 2.08. The maximum absolute atomic E-state index is 9.20. The fraction of sp³-hybridized carbons (Fsp3) is 1.00. The first-order valence-corrected chi connectivity index (χ1v) is 3.64. The second-order valence-electron chi connectivity index (χ2n) is 2.81. The van der Waals surface area contributed by atoms with Crippen LogP contribution in [0, 0.1) is 0 Å². The Labute approximate surface area is 93.5 Å². The summed E-state index contributed by atoms with van der Waals surface area (Å²) in [7, 11) is 0. The van der Waals surface area contributed by atoms with Gasteiger partial charge in [-0.25, -0.2) is 0 Å². The van der Waals surface area contributed by atoms with Gasteiger partial charge in [0.2, 0.25) is 0 Å². The Morgan fingerprint density at radius 2 is 1.57 bits per heavy atom. The van der Waals surface area contributed by atoms with Gasteiger partial charge in [0.25, 0.3) is 0 Å². The van der Waals surface area contributed by atoms with Gasteiger partial charge in [-0.3, -0.25) is 0 Å². The van der Waals surface area contributed by atoms with Gasteiger partial charge < -0.3 is 30.9 Å². The van der Waals surface area contributed by atoms with E-state index >= 15 is 0 Å². The number of rotatable bonds is 1. The van der Waals surface area contributed by atoms with E-state index in [4.69, 9.17) is 20.7 Å². The minimum absolute atomic E-state index is 0. The zero-order chi connectivity index (χ0) is 9.30. The molecule has 1 fully saturated rings. The van der Waals surface area contributed by atoms with Crippen molar-refractivity contribution in [2.24, 2.45) is 5.73 Å². The topological polar surface area (TPSA) is 116 Å². The molecule has 0 aliphatic carbocycles. The van der Waals surface area contributed by atoms with Gasteiger partial charge in [0.05, 0.1) is 12.6 Å². The molecule has 5 atom stereocenters. The molecule has 5 unspecified atom stereocenters. The summed E-state index contributed by atoms with van der Waals surface area (Å²) in [6, 6.07) is -1.04. The van der Waals surface area contributed by atoms with Crippen LogP contribution in [0.1, 0.15) is 0 Å². The number of hydrogen-bond donors (Lipinski definition) is 5. The van der Waals surface area contributed by atoms with E-state index in [-0.39, 0.29) is 24.8 Å². The standard InChI is InChI=1S/C6H13NO5.2ClH/c7-3-5(10)4(9)2(1-8)12-6(3)11;;/h2-6,8-11H,1,7H2;2*1H. The summed E-state index contributed by atoms with van der Waals surface area (Å²) in [5, 5.41) is 36.1. The summed E-state index contributed by atoms with van der Waals surface area (Å²) in [4.78, 5) is 0. The average molecular weight is 252 g/mol. The van der Waals surface area contributed by atoms with Crippen LogP contribution in [0.25, 0.3) is 0 Å². The molecule has 0 aromatic heterocycles. The lowest BCUT2D eigenvalue weighted by atomic mass is 9.98. The lowest BCUT2D eigenvalue weighted by molar-refractivity contribution is -0.248. The van der Waals surface area contributed by atoms with Crippen molar-refractivity contribution in [1.29, 1.82) is 0 Å². The first kappa shape index (κ1) is 16.8. The van der Waals surface area contributed by atoms with Crippen molar-refractivity contribution < 1.29 is 25.2 Å². The van der Waals surface area contributed by atoms with E-state index in [1.807, 2.05) is 0 Å². The van der Waals surface area contributed by atoms with Crippen LogP contribution in [0.15, 0.2) is 0 Å². The third kappa shape index (κ3) is 3.18. The first-order valence-electron chi connectivity index (χ1n) is 3.64. The minimum atomic E-state index is -1.35. The second-order valence-corrected chi connectivity index (χ2v) is 2.81. The number of nitrogens with two attached hydrogens (primary N) is 1. The van der Waals surface area contributed by atoms with E-state index < -0.39 is 37.3 Å². The smallest absolute Gasteiger partial charge is 0.173 e. The highest BCUT2D eigenvalue weighted by Crippen LogP contribution is 2.17. The van der Waals surface area contributed by atoms with Crippen molar-refractivity contribution in [1.82, 2.24) is 0 Å². The Balaban J connectivity index is 0. The van der Waals surface area contributed by atoms with Gasteiger partial charge in [0.15, 0.2) is 6.29 Å². The van der Waals surface area contributed by atoms with Crippen LogP contribution in [-0.4, -0.2) is 57.7 Å². The Hall–Kier alpha value is 0.340. The van der Waals surface area contributed by atoms with Gasteiger partial charge in [-0.05, 0) is 0 Å². The third-order valence-electron chi connectivity index (χ3n) is 1.95. The molecule has 6 nitrogen and oxygen atoms in total. The number of halogens is 2. The fourth-order valence-electron chi connectivity index (χ4n) is 1.12. The first-order chi connectivity index (χ1) is 5.57. The van der Waals surface area contributed by atoms with Crippen LogP contribution in [0.3, 0.4) is 0 Å². The summed E-state index contributed by atoms with van der Waals surface area (Å²) in [6.07, 6.45) is -4.85. The van der Waals surface area contributed by atoms with Crippen LogP contribution >= 0.6 is 24.8 Å². The molecule has 1 aliphatic heterocycles. The van der Waals surface area contributed by atoms with Crippen molar-refractivity contribution in [3.63, 3.8) is 0 Å². The zero-order valence-electron chi connectivity index (χ0n) is 7.18. The van der Waals surface area contributed by atoms with Gasteiger partial charge in [-0.1, -0.05) is 0 Å². The highest BCUT2D eigenvalue weighted by Gasteiger charge is 2.41. The van der Waals surface area contributed by atoms with Crippen LogP contribution in [0.2, 0.25) is 0 Å². The van der Waals surface area contributed by atoms with Gasteiger partial charge in [-0.2, -0.15) is 0 Å². The van der Waals surface area contributed by atoms with Crippen LogP contribution in [-0.2, 0) is 4.74 Å². The molecule has 6 N–H and O–H groups in total. The van der Waals surface area contributed by atoms with Gasteiger partial charge in [0, 0.05) is 0 Å². The summed E-state index contributed by atoms with van der Waals surface area (Å²) in [5.41, 5.74) is 5.26. The number of hydrogen-bond acceptors (Lipinski definition) is 6. The molecular formula is C6H15Cl2NO5. The molecule has 1 saturated heterocycles. The number of ether oxygens (including phenoxy) is 1. The Bertz CT molecular complexity index is 158. The predicted octanol–water partition coefficient (Wildman–Crippen LogP) is -2.41. The summed E-state index contributed by atoms with van der Waals surface area (Å²) in [6.45, 7) is -0.470. The molecule has 0 amide bonds. The maximum atomic E-state index is 9.20. The number of aliphatic hydroxyl groups excluding tert-OH is 4. The Morgan fingerprint density at radius 1 is 1.07 bits per heavy atom. The van der Waals surface area contributed by atoms with Crippen LogP contribution in [0.4, 0.5) is 0 Å². The summed E-state index contributed by atoms with van der Waals surface area (Å²) < 4.78 is 4.70. The molecule has 1 aliphatic rings. The van der Waals surface area contributed by atoms with Crippen LogP contribution < -0.4 is 5.73 Å². The largest absolute Gasteiger partial charge is 0.394 e. The number of aliphatic hydroxyl groups is 4. The lowest BCUT2D eigenvalue weighted by Gasteiger charge is -2.38. The minimum Gasteiger partial charge on any atom is -0.394 e. The highest BCUT2D eigenvalue weighted by atomic mass is 35.5. The molecule has 1 rings (SSSR count). The predicted molar refractivity (Wildman–Crippen MR) is 52.5 cm³/mol. The van der Waals surface area contributed by atoms with Crippen molar-refractivity contribution >= 4 is 24.8 Å². The van der Waals surface area contributed by atoms with Crippen molar-refractivity contribution in [3.05, 3.63) is 0 Å². The molecular weight excluding hydrogens is 237 g/mol. The van der Waals surface area contributed by atoms with E-state index in [1.165, 1.54) is 0 Å². The monoisotopic (exact) mass is 251 g/mol. The molecule has 0 aromatic carbocycles. The molecule has 14 heavy (non-hydrogen) atoms. The summed E-state index contributed by atoms with van der Waals surface area (Å²) >= 11 is 0. The lowest BCUT2D eigenvalue weighted by Crippen LogP contribution is -2.61. The van der Waals surface area contributed by atoms with Crippen molar-refractivity contribution in [2.45, 2.75) is 30.6 Å². The molecule has 88 valence electrons. The van der Waals surface area contributed by atoms with E-state index in [0.717, 1.165) is 0 Å². The van der Waals surface area contributed by atoms with Gasteiger partial charge >= 0.3 is 0 Å². The van der Waals surface area contributed by atoms with Gasteiger partial charge in [0.1, 0.15) is 18.3 Å². The molecule has 0 radical (unpaired) electrons. The fourth-order valence-corrected chi connectivity index (χ4v) is 1.12. The van der Waals surface area contributed by atoms with Crippen molar-refractivity contribution in [3.8, 4) is 0 Å². The SMILES string of the molecule is Cl.Cl.NC1C(O)OC(CO)C(O)C1O. The molecule has 0 aromatic rings. The highest BCUT2D eigenvalue weighted by molar-refractivity contribution is 5.85. The van der Waals surface area contributed by atoms with E-state index in [0.29, 0.717) is 0 Å². The third-order valence-corrected chi connectivity index (χ3v) is 1.95. The Kier molecular flexibility index (Phi) is 8.09. The normalized spacial score (nSPS) is 42.2. The molecule has 1 heterocycles. The van der Waals surface area contributed by atoms with E-state index in [1.54, 1.807) is 0 Å². The maximum Gasteiger partial charge on any atom is 0.173 e. The van der Waals surface area contributed by atoms with Gasteiger partial charge in [-0.15, -0.1) is 24.8 Å². The molecule has 0 spiro atoms. The van der Waals surface area contributed by atoms with E-state index in [2.05, 4.69) is 0 Å². The molecule has 8 heteroatoms. The molecule has 0 bridgehead atoms. The molecule has 0 saturated carbocycles.